The monoisotopic (exact) mass is 199 g/mol. The van der Waals surface area contributed by atoms with E-state index in [0.717, 1.165) is 18.4 Å². The summed E-state index contributed by atoms with van der Waals surface area (Å²) in [6, 6.07) is 1.60. The highest BCUT2D eigenvalue weighted by Gasteiger charge is 2.09. The standard InChI is InChI=1S/C9H14ClN3/c1-2-3-7(11)6-5-13-9(10)4-8(6)12/h4-5,7H,2-3,11H2,1H3,(H2,12,13)/t7-/m0/s1. The van der Waals surface area contributed by atoms with Crippen LogP contribution >= 0.6 is 11.6 Å². The molecule has 0 aliphatic rings. The van der Waals surface area contributed by atoms with Crippen LogP contribution in [0, 0.1) is 0 Å². The van der Waals surface area contributed by atoms with Crippen LogP contribution in [0.1, 0.15) is 31.4 Å². The predicted octanol–water partition coefficient (Wildman–Crippen LogP) is 2.12. The largest absolute Gasteiger partial charge is 0.398 e. The van der Waals surface area contributed by atoms with Gasteiger partial charge in [-0.25, -0.2) is 4.98 Å². The number of aromatic nitrogens is 1. The molecule has 0 spiro atoms. The third-order valence-electron chi connectivity index (χ3n) is 1.93. The Morgan fingerprint density at radius 2 is 2.31 bits per heavy atom. The number of anilines is 1. The van der Waals surface area contributed by atoms with E-state index in [1.807, 2.05) is 0 Å². The lowest BCUT2D eigenvalue weighted by Crippen LogP contribution is -2.12. The first-order chi connectivity index (χ1) is 6.15. The van der Waals surface area contributed by atoms with Crippen molar-refractivity contribution in [2.24, 2.45) is 5.73 Å². The molecule has 72 valence electrons. The summed E-state index contributed by atoms with van der Waals surface area (Å²) in [6.45, 7) is 2.08. The van der Waals surface area contributed by atoms with Crippen LogP contribution in [0.3, 0.4) is 0 Å². The molecule has 1 aromatic rings. The normalized spacial score (nSPS) is 12.8. The second-order valence-corrected chi connectivity index (χ2v) is 3.42. The van der Waals surface area contributed by atoms with Gasteiger partial charge in [0.25, 0.3) is 0 Å². The Morgan fingerprint density at radius 1 is 1.62 bits per heavy atom. The molecule has 0 aliphatic heterocycles. The third-order valence-corrected chi connectivity index (χ3v) is 2.14. The molecule has 3 nitrogen and oxygen atoms in total. The quantitative estimate of drug-likeness (QED) is 0.733. The summed E-state index contributed by atoms with van der Waals surface area (Å²) < 4.78 is 0. The first kappa shape index (κ1) is 10.3. The summed E-state index contributed by atoms with van der Waals surface area (Å²) in [5.74, 6) is 0. The second-order valence-electron chi connectivity index (χ2n) is 3.03. The van der Waals surface area contributed by atoms with Crippen LogP contribution in [0.4, 0.5) is 5.69 Å². The molecular formula is C9H14ClN3. The summed E-state index contributed by atoms with van der Waals surface area (Å²) in [6.07, 6.45) is 3.59. The lowest BCUT2D eigenvalue weighted by Gasteiger charge is -2.12. The fraction of sp³-hybridized carbons (Fsp3) is 0.444. The van der Waals surface area contributed by atoms with Gasteiger partial charge < -0.3 is 11.5 Å². The van der Waals surface area contributed by atoms with Crippen molar-refractivity contribution in [3.63, 3.8) is 0 Å². The number of hydrogen-bond donors (Lipinski definition) is 2. The van der Waals surface area contributed by atoms with Crippen molar-refractivity contribution in [3.8, 4) is 0 Å². The lowest BCUT2D eigenvalue weighted by atomic mass is 10.0. The average molecular weight is 200 g/mol. The van der Waals surface area contributed by atoms with Gasteiger partial charge in [0.1, 0.15) is 5.15 Å². The topological polar surface area (TPSA) is 64.9 Å². The van der Waals surface area contributed by atoms with Crippen LogP contribution in [0.15, 0.2) is 12.3 Å². The van der Waals surface area contributed by atoms with Crippen LogP contribution in [-0.2, 0) is 0 Å². The van der Waals surface area contributed by atoms with Crippen LogP contribution in [-0.4, -0.2) is 4.98 Å². The molecule has 1 rings (SSSR count). The molecule has 1 aromatic heterocycles. The van der Waals surface area contributed by atoms with E-state index < -0.39 is 0 Å². The van der Waals surface area contributed by atoms with Crippen LogP contribution in [0.5, 0.6) is 0 Å². The van der Waals surface area contributed by atoms with E-state index in [-0.39, 0.29) is 6.04 Å². The molecule has 4 heteroatoms. The Bertz CT molecular complexity index is 288. The van der Waals surface area contributed by atoms with E-state index in [1.165, 1.54) is 0 Å². The molecule has 0 unspecified atom stereocenters. The Labute approximate surface area is 83.1 Å². The van der Waals surface area contributed by atoms with E-state index in [2.05, 4.69) is 11.9 Å². The van der Waals surface area contributed by atoms with Gasteiger partial charge in [-0.2, -0.15) is 0 Å². The molecule has 0 aromatic carbocycles. The molecule has 0 fully saturated rings. The lowest BCUT2D eigenvalue weighted by molar-refractivity contribution is 0.638. The molecule has 0 radical (unpaired) electrons. The van der Waals surface area contributed by atoms with Crippen molar-refractivity contribution in [3.05, 3.63) is 23.0 Å². The van der Waals surface area contributed by atoms with Crippen LogP contribution in [0.25, 0.3) is 0 Å². The fourth-order valence-electron chi connectivity index (χ4n) is 1.23. The van der Waals surface area contributed by atoms with Crippen molar-refractivity contribution in [1.29, 1.82) is 0 Å². The second kappa shape index (κ2) is 4.44. The van der Waals surface area contributed by atoms with E-state index in [0.29, 0.717) is 10.8 Å². The molecular weight excluding hydrogens is 186 g/mol. The van der Waals surface area contributed by atoms with Crippen molar-refractivity contribution >= 4 is 17.3 Å². The Morgan fingerprint density at radius 3 is 2.85 bits per heavy atom. The molecule has 13 heavy (non-hydrogen) atoms. The zero-order valence-corrected chi connectivity index (χ0v) is 8.38. The van der Waals surface area contributed by atoms with Crippen LogP contribution < -0.4 is 11.5 Å². The van der Waals surface area contributed by atoms with Gasteiger partial charge in [-0.3, -0.25) is 0 Å². The minimum Gasteiger partial charge on any atom is -0.398 e. The highest BCUT2D eigenvalue weighted by molar-refractivity contribution is 6.29. The fourth-order valence-corrected chi connectivity index (χ4v) is 1.40. The van der Waals surface area contributed by atoms with Gasteiger partial charge in [-0.15, -0.1) is 0 Å². The SMILES string of the molecule is CCC[C@H](N)c1cnc(Cl)cc1N. The molecule has 1 heterocycles. The van der Waals surface area contributed by atoms with Gasteiger partial charge >= 0.3 is 0 Å². The Kier molecular flexibility index (Phi) is 3.51. The summed E-state index contributed by atoms with van der Waals surface area (Å²) in [7, 11) is 0. The zero-order valence-electron chi connectivity index (χ0n) is 7.63. The number of nitrogens with two attached hydrogens (primary N) is 2. The van der Waals surface area contributed by atoms with Crippen molar-refractivity contribution in [2.45, 2.75) is 25.8 Å². The maximum Gasteiger partial charge on any atom is 0.131 e. The average Bonchev–Trinajstić information content (AvgIpc) is 2.04. The molecule has 0 amide bonds. The molecule has 0 saturated carbocycles. The van der Waals surface area contributed by atoms with Gasteiger partial charge in [0.15, 0.2) is 0 Å². The first-order valence-corrected chi connectivity index (χ1v) is 4.69. The van der Waals surface area contributed by atoms with Crippen molar-refractivity contribution < 1.29 is 0 Å². The molecule has 4 N–H and O–H groups in total. The maximum atomic E-state index is 5.89. The number of rotatable bonds is 3. The van der Waals surface area contributed by atoms with Gasteiger partial charge in [-0.1, -0.05) is 24.9 Å². The van der Waals surface area contributed by atoms with Crippen molar-refractivity contribution in [1.82, 2.24) is 4.98 Å². The minimum absolute atomic E-state index is 0.0326. The number of halogens is 1. The molecule has 0 bridgehead atoms. The molecule has 0 aliphatic carbocycles. The summed E-state index contributed by atoms with van der Waals surface area (Å²) >= 11 is 5.67. The Hall–Kier alpha value is -0.800. The van der Waals surface area contributed by atoms with Crippen LogP contribution in [0.2, 0.25) is 5.15 Å². The third kappa shape index (κ3) is 2.57. The number of nitrogens with zero attached hydrogens (tertiary/aromatic N) is 1. The minimum atomic E-state index is -0.0326. The van der Waals surface area contributed by atoms with E-state index >= 15 is 0 Å². The highest BCUT2D eigenvalue weighted by atomic mass is 35.5. The van der Waals surface area contributed by atoms with E-state index in [4.69, 9.17) is 23.1 Å². The summed E-state index contributed by atoms with van der Waals surface area (Å²) in [5.41, 5.74) is 13.1. The summed E-state index contributed by atoms with van der Waals surface area (Å²) in [5, 5.41) is 0.407. The highest BCUT2D eigenvalue weighted by Crippen LogP contribution is 2.23. The zero-order chi connectivity index (χ0) is 9.84. The van der Waals surface area contributed by atoms with Gasteiger partial charge in [0.2, 0.25) is 0 Å². The van der Waals surface area contributed by atoms with Crippen molar-refractivity contribution in [2.75, 3.05) is 5.73 Å². The van der Waals surface area contributed by atoms with Gasteiger partial charge in [0, 0.05) is 23.5 Å². The predicted molar refractivity (Wildman–Crippen MR) is 55.5 cm³/mol. The number of pyridine rings is 1. The first-order valence-electron chi connectivity index (χ1n) is 4.31. The van der Waals surface area contributed by atoms with E-state index in [9.17, 15) is 0 Å². The smallest absolute Gasteiger partial charge is 0.131 e. The van der Waals surface area contributed by atoms with Gasteiger partial charge in [0.05, 0.1) is 0 Å². The Balaban J connectivity index is 2.88. The maximum absolute atomic E-state index is 5.89. The van der Waals surface area contributed by atoms with Gasteiger partial charge in [-0.05, 0) is 12.5 Å². The molecule has 0 saturated heterocycles. The summed E-state index contributed by atoms with van der Waals surface area (Å²) in [4.78, 5) is 3.95. The number of nitrogen functional groups attached to an aromatic ring is 1. The number of hydrogen-bond acceptors (Lipinski definition) is 3. The van der Waals surface area contributed by atoms with E-state index in [1.54, 1.807) is 12.3 Å². The molecule has 1 atom stereocenters.